The van der Waals surface area contributed by atoms with Crippen molar-refractivity contribution in [1.29, 1.82) is 0 Å². The molecular formula is C24H23N3O2S. The maximum atomic E-state index is 13.1. The molecule has 0 spiro atoms. The van der Waals surface area contributed by atoms with Crippen LogP contribution in [0.5, 0.6) is 5.75 Å². The number of ether oxygens (including phenoxy) is 1. The number of carbonyl (C=O) groups excluding carboxylic acids is 1. The summed E-state index contributed by atoms with van der Waals surface area (Å²) >= 11 is 1.49. The smallest absolute Gasteiger partial charge is 0.264 e. The molecule has 0 N–H and O–H groups in total. The molecule has 0 radical (unpaired) electrons. The van der Waals surface area contributed by atoms with E-state index in [0.29, 0.717) is 13.1 Å². The molecule has 1 aliphatic heterocycles. The summed E-state index contributed by atoms with van der Waals surface area (Å²) in [5.41, 5.74) is 3.35. The first kappa shape index (κ1) is 18.9. The minimum absolute atomic E-state index is 0.104. The van der Waals surface area contributed by atoms with Gasteiger partial charge >= 0.3 is 0 Å². The molecule has 1 fully saturated rings. The standard InChI is InChI=1S/C24H23N3O2S/c1-16-3-8-21-17(13-16)14-18-15-22(30-23(18)25-21)24(28)27-11-9-26(10-12-27)19-4-6-20(29-2)7-5-19/h3-8,13-15H,9-12H2,1-2H3. The summed E-state index contributed by atoms with van der Waals surface area (Å²) in [6.45, 7) is 5.16. The van der Waals surface area contributed by atoms with Gasteiger partial charge in [-0.05, 0) is 55.5 Å². The molecule has 30 heavy (non-hydrogen) atoms. The summed E-state index contributed by atoms with van der Waals surface area (Å²) in [5, 5.41) is 2.16. The van der Waals surface area contributed by atoms with Gasteiger partial charge in [0.05, 0.1) is 17.5 Å². The lowest BCUT2D eigenvalue weighted by molar-refractivity contribution is 0.0751. The van der Waals surface area contributed by atoms with Gasteiger partial charge in [0, 0.05) is 42.6 Å². The lowest BCUT2D eigenvalue weighted by Gasteiger charge is -2.36. The fourth-order valence-electron chi connectivity index (χ4n) is 3.98. The largest absolute Gasteiger partial charge is 0.497 e. The fraction of sp³-hybridized carbons (Fsp3) is 0.250. The minimum Gasteiger partial charge on any atom is -0.497 e. The molecule has 2 aromatic carbocycles. The van der Waals surface area contributed by atoms with Crippen LogP contribution in [0.4, 0.5) is 5.69 Å². The van der Waals surface area contributed by atoms with Gasteiger partial charge < -0.3 is 14.5 Å². The summed E-state index contributed by atoms with van der Waals surface area (Å²) in [7, 11) is 1.67. The Hall–Kier alpha value is -3.12. The van der Waals surface area contributed by atoms with Crippen LogP contribution < -0.4 is 9.64 Å². The molecular weight excluding hydrogens is 394 g/mol. The van der Waals surface area contributed by atoms with E-state index in [1.165, 1.54) is 16.9 Å². The van der Waals surface area contributed by atoms with E-state index in [2.05, 4.69) is 42.2 Å². The third kappa shape index (κ3) is 3.48. The number of benzene rings is 2. The lowest BCUT2D eigenvalue weighted by atomic mass is 10.1. The first-order valence-electron chi connectivity index (χ1n) is 10.1. The van der Waals surface area contributed by atoms with E-state index in [0.717, 1.165) is 50.5 Å². The maximum absolute atomic E-state index is 13.1. The van der Waals surface area contributed by atoms with Gasteiger partial charge in [-0.2, -0.15) is 0 Å². The van der Waals surface area contributed by atoms with E-state index in [9.17, 15) is 4.79 Å². The van der Waals surface area contributed by atoms with Crippen molar-refractivity contribution in [2.75, 3.05) is 38.2 Å². The van der Waals surface area contributed by atoms with Crippen LogP contribution in [0.15, 0.2) is 54.6 Å². The zero-order valence-electron chi connectivity index (χ0n) is 17.1. The van der Waals surface area contributed by atoms with Gasteiger partial charge in [0.15, 0.2) is 0 Å². The highest BCUT2D eigenvalue weighted by Gasteiger charge is 2.24. The molecule has 0 aliphatic carbocycles. The Morgan fingerprint density at radius 2 is 1.73 bits per heavy atom. The van der Waals surface area contributed by atoms with Crippen molar-refractivity contribution >= 4 is 44.1 Å². The number of rotatable bonds is 3. The Balaban J connectivity index is 1.32. The van der Waals surface area contributed by atoms with Gasteiger partial charge in [0.2, 0.25) is 0 Å². The van der Waals surface area contributed by atoms with Crippen LogP contribution in [0.1, 0.15) is 15.2 Å². The van der Waals surface area contributed by atoms with Crippen LogP contribution in [0.2, 0.25) is 0 Å². The number of carbonyl (C=O) groups is 1. The zero-order valence-corrected chi connectivity index (χ0v) is 17.9. The molecule has 1 aliphatic rings. The Bertz CT molecular complexity index is 1220. The minimum atomic E-state index is 0.104. The second kappa shape index (κ2) is 7.61. The number of hydrogen-bond donors (Lipinski definition) is 0. The molecule has 0 bridgehead atoms. The predicted molar refractivity (Wildman–Crippen MR) is 123 cm³/mol. The van der Waals surface area contributed by atoms with Crippen LogP contribution in [0, 0.1) is 6.92 Å². The first-order valence-corrected chi connectivity index (χ1v) is 10.9. The Morgan fingerprint density at radius 1 is 0.967 bits per heavy atom. The van der Waals surface area contributed by atoms with Gasteiger partial charge in [-0.15, -0.1) is 11.3 Å². The van der Waals surface area contributed by atoms with Gasteiger partial charge in [-0.3, -0.25) is 4.79 Å². The van der Waals surface area contributed by atoms with Crippen molar-refractivity contribution in [3.8, 4) is 5.75 Å². The summed E-state index contributed by atoms with van der Waals surface area (Å²) in [5.74, 6) is 0.960. The van der Waals surface area contributed by atoms with Crippen molar-refractivity contribution in [3.63, 3.8) is 0 Å². The van der Waals surface area contributed by atoms with Gasteiger partial charge in [-0.25, -0.2) is 4.98 Å². The van der Waals surface area contributed by atoms with E-state index >= 15 is 0 Å². The Labute approximate surface area is 179 Å². The molecule has 4 aromatic rings. The number of aryl methyl sites for hydroxylation is 1. The number of anilines is 1. The Morgan fingerprint density at radius 3 is 2.47 bits per heavy atom. The third-order valence-corrected chi connectivity index (χ3v) is 6.70. The highest BCUT2D eigenvalue weighted by Crippen LogP contribution is 2.29. The van der Waals surface area contributed by atoms with Crippen LogP contribution in [0.3, 0.4) is 0 Å². The molecule has 0 unspecified atom stereocenters. The molecule has 152 valence electrons. The molecule has 0 atom stereocenters. The average molecular weight is 418 g/mol. The monoisotopic (exact) mass is 417 g/mol. The van der Waals surface area contributed by atoms with Crippen molar-refractivity contribution < 1.29 is 9.53 Å². The van der Waals surface area contributed by atoms with Gasteiger partial charge in [0.1, 0.15) is 10.6 Å². The van der Waals surface area contributed by atoms with E-state index in [1.807, 2.05) is 29.2 Å². The van der Waals surface area contributed by atoms with Crippen LogP contribution in [-0.4, -0.2) is 49.1 Å². The van der Waals surface area contributed by atoms with Gasteiger partial charge in [-0.1, -0.05) is 11.6 Å². The number of pyridine rings is 1. The van der Waals surface area contributed by atoms with E-state index in [1.54, 1.807) is 7.11 Å². The van der Waals surface area contributed by atoms with E-state index in [4.69, 9.17) is 9.72 Å². The molecule has 3 heterocycles. The second-order valence-electron chi connectivity index (χ2n) is 7.67. The summed E-state index contributed by atoms with van der Waals surface area (Å²) < 4.78 is 5.23. The molecule has 5 nitrogen and oxygen atoms in total. The quantitative estimate of drug-likeness (QED) is 0.484. The molecule has 5 rings (SSSR count). The number of thiophene rings is 1. The maximum Gasteiger partial charge on any atom is 0.264 e. The highest BCUT2D eigenvalue weighted by atomic mass is 32.1. The van der Waals surface area contributed by atoms with Crippen molar-refractivity contribution in [2.24, 2.45) is 0 Å². The summed E-state index contributed by atoms with van der Waals surface area (Å²) in [6.07, 6.45) is 0. The van der Waals surface area contributed by atoms with Crippen LogP contribution >= 0.6 is 11.3 Å². The molecule has 1 amide bonds. The van der Waals surface area contributed by atoms with E-state index in [-0.39, 0.29) is 5.91 Å². The summed E-state index contributed by atoms with van der Waals surface area (Å²) in [6, 6.07) is 18.5. The summed E-state index contributed by atoms with van der Waals surface area (Å²) in [4.78, 5) is 23.8. The first-order chi connectivity index (χ1) is 14.6. The number of hydrogen-bond acceptors (Lipinski definition) is 5. The van der Waals surface area contributed by atoms with Crippen LogP contribution in [-0.2, 0) is 0 Å². The average Bonchev–Trinajstić information content (AvgIpc) is 3.20. The number of amides is 1. The topological polar surface area (TPSA) is 45.7 Å². The van der Waals surface area contributed by atoms with Gasteiger partial charge in [0.25, 0.3) is 5.91 Å². The number of nitrogens with zero attached hydrogens (tertiary/aromatic N) is 3. The zero-order chi connectivity index (χ0) is 20.7. The molecule has 2 aromatic heterocycles. The lowest BCUT2D eigenvalue weighted by Crippen LogP contribution is -2.48. The highest BCUT2D eigenvalue weighted by molar-refractivity contribution is 7.20. The fourth-order valence-corrected chi connectivity index (χ4v) is 4.97. The van der Waals surface area contributed by atoms with Crippen molar-refractivity contribution in [3.05, 3.63) is 65.0 Å². The SMILES string of the molecule is COc1ccc(N2CCN(C(=O)c3cc4cc5cc(C)ccc5nc4s3)CC2)cc1. The third-order valence-electron chi connectivity index (χ3n) is 5.67. The number of fused-ring (bicyclic) bond motifs is 2. The van der Waals surface area contributed by atoms with Crippen molar-refractivity contribution in [1.82, 2.24) is 9.88 Å². The number of methoxy groups -OCH3 is 1. The Kier molecular flexibility index (Phi) is 4.79. The predicted octanol–water partition coefficient (Wildman–Crippen LogP) is 4.73. The molecule has 1 saturated heterocycles. The number of piperazine rings is 1. The molecule has 0 saturated carbocycles. The normalized spacial score (nSPS) is 14.5. The van der Waals surface area contributed by atoms with Crippen LogP contribution in [0.25, 0.3) is 21.1 Å². The number of aromatic nitrogens is 1. The second-order valence-corrected chi connectivity index (χ2v) is 8.70. The van der Waals surface area contributed by atoms with Crippen molar-refractivity contribution in [2.45, 2.75) is 6.92 Å². The molecule has 6 heteroatoms. The van der Waals surface area contributed by atoms with E-state index < -0.39 is 0 Å².